The summed E-state index contributed by atoms with van der Waals surface area (Å²) in [5.74, 6) is -0.712. The molecule has 2 unspecified atom stereocenters. The highest BCUT2D eigenvalue weighted by Gasteiger charge is 2.33. The van der Waals surface area contributed by atoms with Crippen LogP contribution in [-0.2, 0) is 9.53 Å². The monoisotopic (exact) mass is 201 g/mol. The summed E-state index contributed by atoms with van der Waals surface area (Å²) >= 11 is 0. The average Bonchev–Trinajstić information content (AvgIpc) is 2.55. The van der Waals surface area contributed by atoms with Gasteiger partial charge in [-0.15, -0.1) is 0 Å². The first-order valence-corrected chi connectivity index (χ1v) is 5.18. The average molecular weight is 201 g/mol. The Bertz CT molecular complexity index is 196. The zero-order valence-electron chi connectivity index (χ0n) is 8.90. The summed E-state index contributed by atoms with van der Waals surface area (Å²) in [6.45, 7) is 3.45. The number of hydrogen-bond donors (Lipinski definition) is 1. The van der Waals surface area contributed by atoms with Gasteiger partial charge in [-0.1, -0.05) is 6.92 Å². The van der Waals surface area contributed by atoms with Crippen LogP contribution in [0.1, 0.15) is 26.2 Å². The van der Waals surface area contributed by atoms with Crippen molar-refractivity contribution in [3.05, 3.63) is 0 Å². The second-order valence-corrected chi connectivity index (χ2v) is 3.75. The lowest BCUT2D eigenvalue weighted by atomic mass is 10.1. The molecule has 1 N–H and O–H groups in total. The van der Waals surface area contributed by atoms with E-state index in [0.29, 0.717) is 19.1 Å². The van der Waals surface area contributed by atoms with Gasteiger partial charge in [-0.25, -0.2) is 0 Å². The molecule has 1 heterocycles. The van der Waals surface area contributed by atoms with Crippen molar-refractivity contribution in [3.8, 4) is 0 Å². The van der Waals surface area contributed by atoms with Crippen molar-refractivity contribution in [2.24, 2.45) is 0 Å². The molecule has 4 heteroatoms. The summed E-state index contributed by atoms with van der Waals surface area (Å²) in [4.78, 5) is 13.0. The fourth-order valence-corrected chi connectivity index (χ4v) is 2.19. The van der Waals surface area contributed by atoms with Crippen LogP contribution in [0.15, 0.2) is 0 Å². The van der Waals surface area contributed by atoms with E-state index in [-0.39, 0.29) is 6.04 Å². The van der Waals surface area contributed by atoms with Crippen molar-refractivity contribution in [2.75, 3.05) is 20.3 Å². The number of rotatable bonds is 5. The summed E-state index contributed by atoms with van der Waals surface area (Å²) in [5.41, 5.74) is 0. The molecule has 14 heavy (non-hydrogen) atoms. The van der Waals surface area contributed by atoms with Crippen molar-refractivity contribution in [1.29, 1.82) is 0 Å². The van der Waals surface area contributed by atoms with Crippen LogP contribution in [0, 0.1) is 0 Å². The molecule has 0 radical (unpaired) electrons. The predicted molar refractivity (Wildman–Crippen MR) is 53.3 cm³/mol. The van der Waals surface area contributed by atoms with E-state index in [0.717, 1.165) is 19.4 Å². The minimum absolute atomic E-state index is 0.293. The molecular weight excluding hydrogens is 182 g/mol. The van der Waals surface area contributed by atoms with Crippen LogP contribution in [-0.4, -0.2) is 48.3 Å². The highest BCUT2D eigenvalue weighted by atomic mass is 16.5. The summed E-state index contributed by atoms with van der Waals surface area (Å²) in [6.07, 6.45) is 2.80. The Hall–Kier alpha value is -0.610. The molecule has 1 aliphatic rings. The van der Waals surface area contributed by atoms with E-state index in [1.165, 1.54) is 0 Å². The highest BCUT2D eigenvalue weighted by Crippen LogP contribution is 2.21. The van der Waals surface area contributed by atoms with Crippen LogP contribution in [0.2, 0.25) is 0 Å². The maximum Gasteiger partial charge on any atom is 0.320 e. The number of carbonyl (C=O) groups is 1. The third kappa shape index (κ3) is 2.45. The van der Waals surface area contributed by atoms with E-state index in [9.17, 15) is 4.79 Å². The number of carboxylic acids is 1. The molecule has 2 atom stereocenters. The molecule has 0 aromatic rings. The van der Waals surface area contributed by atoms with Crippen LogP contribution in [0.4, 0.5) is 0 Å². The summed E-state index contributed by atoms with van der Waals surface area (Å²) in [6, 6.07) is -0.0429. The van der Waals surface area contributed by atoms with Gasteiger partial charge < -0.3 is 9.84 Å². The van der Waals surface area contributed by atoms with Crippen molar-refractivity contribution in [3.63, 3.8) is 0 Å². The van der Waals surface area contributed by atoms with Crippen LogP contribution in [0.3, 0.4) is 0 Å². The van der Waals surface area contributed by atoms with Crippen molar-refractivity contribution >= 4 is 5.97 Å². The molecule has 0 aromatic heterocycles. The number of methoxy groups -OCH3 is 1. The van der Waals surface area contributed by atoms with Crippen LogP contribution >= 0.6 is 0 Å². The maximum absolute atomic E-state index is 11.0. The Kier molecular flexibility index (Phi) is 4.35. The van der Waals surface area contributed by atoms with Gasteiger partial charge in [0.15, 0.2) is 0 Å². The molecule has 0 amide bonds. The first kappa shape index (κ1) is 11.5. The molecule has 1 aliphatic heterocycles. The predicted octanol–water partition coefficient (Wildman–Crippen LogP) is 0.960. The Labute approximate surface area is 84.8 Å². The first-order chi connectivity index (χ1) is 6.70. The van der Waals surface area contributed by atoms with E-state index < -0.39 is 5.97 Å². The third-order valence-electron chi connectivity index (χ3n) is 2.85. The Morgan fingerprint density at radius 2 is 2.43 bits per heavy atom. The van der Waals surface area contributed by atoms with Crippen molar-refractivity contribution in [1.82, 2.24) is 4.90 Å². The van der Waals surface area contributed by atoms with E-state index in [1.807, 2.05) is 6.92 Å². The SMILES string of the molecule is CCC(C(=O)O)N1CCCC1COC. The third-order valence-corrected chi connectivity index (χ3v) is 2.85. The van der Waals surface area contributed by atoms with Gasteiger partial charge in [0.2, 0.25) is 0 Å². The molecule has 0 aromatic carbocycles. The standard InChI is InChI=1S/C10H19NO3/c1-3-9(10(12)13)11-6-4-5-8(11)7-14-2/h8-9H,3-7H2,1-2H3,(H,12,13). The Morgan fingerprint density at radius 3 is 2.93 bits per heavy atom. The minimum Gasteiger partial charge on any atom is -0.480 e. The Balaban J connectivity index is 2.59. The molecule has 0 bridgehead atoms. The Morgan fingerprint density at radius 1 is 1.71 bits per heavy atom. The number of likely N-dealkylation sites (tertiary alicyclic amines) is 1. The molecule has 4 nitrogen and oxygen atoms in total. The normalized spacial score (nSPS) is 25.1. The molecular formula is C10H19NO3. The lowest BCUT2D eigenvalue weighted by Gasteiger charge is -2.29. The van der Waals surface area contributed by atoms with Gasteiger partial charge >= 0.3 is 5.97 Å². The topological polar surface area (TPSA) is 49.8 Å². The van der Waals surface area contributed by atoms with Crippen LogP contribution in [0.5, 0.6) is 0 Å². The largest absolute Gasteiger partial charge is 0.480 e. The van der Waals surface area contributed by atoms with Gasteiger partial charge in [-0.3, -0.25) is 9.69 Å². The van der Waals surface area contributed by atoms with Gasteiger partial charge in [0.25, 0.3) is 0 Å². The molecule has 82 valence electrons. The van der Waals surface area contributed by atoms with Crippen molar-refractivity contribution in [2.45, 2.75) is 38.3 Å². The quantitative estimate of drug-likeness (QED) is 0.719. The fraction of sp³-hybridized carbons (Fsp3) is 0.900. The van der Waals surface area contributed by atoms with Crippen molar-refractivity contribution < 1.29 is 14.6 Å². The molecule has 0 spiro atoms. The summed E-state index contributed by atoms with van der Waals surface area (Å²) in [7, 11) is 1.66. The van der Waals surface area contributed by atoms with E-state index in [2.05, 4.69) is 4.90 Å². The summed E-state index contributed by atoms with van der Waals surface area (Å²) < 4.78 is 5.10. The number of carboxylic acid groups (broad SMARTS) is 1. The van der Waals surface area contributed by atoms with Gasteiger partial charge in [-0.2, -0.15) is 0 Å². The lowest BCUT2D eigenvalue weighted by molar-refractivity contribution is -0.144. The lowest BCUT2D eigenvalue weighted by Crippen LogP contribution is -2.45. The smallest absolute Gasteiger partial charge is 0.320 e. The van der Waals surface area contributed by atoms with Gasteiger partial charge in [-0.05, 0) is 25.8 Å². The zero-order chi connectivity index (χ0) is 10.6. The number of ether oxygens (including phenoxy) is 1. The fourth-order valence-electron chi connectivity index (χ4n) is 2.19. The van der Waals surface area contributed by atoms with E-state index in [4.69, 9.17) is 9.84 Å². The highest BCUT2D eigenvalue weighted by molar-refractivity contribution is 5.73. The maximum atomic E-state index is 11.0. The molecule has 1 saturated heterocycles. The molecule has 1 fully saturated rings. The minimum atomic E-state index is -0.712. The number of aliphatic carboxylic acids is 1. The molecule has 1 rings (SSSR count). The second kappa shape index (κ2) is 5.32. The van der Waals surface area contributed by atoms with Gasteiger partial charge in [0.1, 0.15) is 6.04 Å². The number of hydrogen-bond acceptors (Lipinski definition) is 3. The number of nitrogens with zero attached hydrogens (tertiary/aromatic N) is 1. The molecule has 0 saturated carbocycles. The van der Waals surface area contributed by atoms with Gasteiger partial charge in [0.05, 0.1) is 6.61 Å². The molecule has 0 aliphatic carbocycles. The van der Waals surface area contributed by atoms with Crippen LogP contribution in [0.25, 0.3) is 0 Å². The van der Waals surface area contributed by atoms with E-state index >= 15 is 0 Å². The second-order valence-electron chi connectivity index (χ2n) is 3.75. The van der Waals surface area contributed by atoms with E-state index in [1.54, 1.807) is 7.11 Å². The van der Waals surface area contributed by atoms with Crippen LogP contribution < -0.4 is 0 Å². The zero-order valence-corrected chi connectivity index (χ0v) is 8.90. The van der Waals surface area contributed by atoms with Gasteiger partial charge in [0, 0.05) is 13.2 Å². The summed E-state index contributed by atoms with van der Waals surface area (Å²) in [5, 5.41) is 9.04. The first-order valence-electron chi connectivity index (χ1n) is 5.18.